The molecule has 0 fully saturated rings. The molecule has 0 radical (unpaired) electrons. The molecule has 0 saturated heterocycles. The Labute approximate surface area is 191 Å². The number of nitrogens with zero attached hydrogens (tertiary/aromatic N) is 1. The molecule has 5 aromatic rings. The summed E-state index contributed by atoms with van der Waals surface area (Å²) in [6.07, 6.45) is 0. The van der Waals surface area contributed by atoms with Crippen LogP contribution < -0.4 is 15.0 Å². The molecule has 0 atom stereocenters. The zero-order valence-corrected chi connectivity index (χ0v) is 17.9. The zero-order valence-electron chi connectivity index (χ0n) is 17.9. The number of fused-ring (bicyclic) bond motifs is 1. The van der Waals surface area contributed by atoms with Crippen LogP contribution in [0.15, 0.2) is 108 Å². The number of para-hydroxylation sites is 1. The Kier molecular flexibility index (Phi) is 5.85. The lowest BCUT2D eigenvalue weighted by Gasteiger charge is -2.13. The van der Waals surface area contributed by atoms with Gasteiger partial charge in [0.2, 0.25) is 0 Å². The highest BCUT2D eigenvalue weighted by molar-refractivity contribution is 5.79. The van der Waals surface area contributed by atoms with Gasteiger partial charge < -0.3 is 14.5 Å². The first-order valence-electron chi connectivity index (χ1n) is 10.7. The van der Waals surface area contributed by atoms with Crippen molar-refractivity contribution in [3.63, 3.8) is 0 Å². The van der Waals surface area contributed by atoms with Gasteiger partial charge in [0.15, 0.2) is 0 Å². The van der Waals surface area contributed by atoms with Crippen LogP contribution in [0.3, 0.4) is 0 Å². The van der Waals surface area contributed by atoms with Crippen molar-refractivity contribution in [2.24, 2.45) is 0 Å². The van der Waals surface area contributed by atoms with Gasteiger partial charge in [-0.3, -0.25) is 4.79 Å². The number of nitrogens with one attached hydrogen (secondary N) is 1. The number of hydrogen-bond donors (Lipinski definition) is 1. The van der Waals surface area contributed by atoms with E-state index in [2.05, 4.69) is 9.97 Å². The van der Waals surface area contributed by atoms with Crippen molar-refractivity contribution >= 4 is 10.9 Å². The van der Waals surface area contributed by atoms with Crippen LogP contribution in [0, 0.1) is 0 Å². The molecule has 1 N–H and O–H groups in total. The van der Waals surface area contributed by atoms with E-state index in [4.69, 9.17) is 9.47 Å². The smallest absolute Gasteiger partial charge is 0.259 e. The summed E-state index contributed by atoms with van der Waals surface area (Å²) < 4.78 is 12.1. The fraction of sp³-hybridized carbons (Fsp3) is 0.0714. The number of ether oxygens (including phenoxy) is 2. The average Bonchev–Trinajstić information content (AvgIpc) is 2.87. The van der Waals surface area contributed by atoms with Gasteiger partial charge in [-0.05, 0) is 35.4 Å². The lowest BCUT2D eigenvalue weighted by atomic mass is 10.1. The van der Waals surface area contributed by atoms with Crippen LogP contribution in [0.5, 0.6) is 11.5 Å². The number of rotatable bonds is 7. The van der Waals surface area contributed by atoms with Gasteiger partial charge in [0, 0.05) is 11.6 Å². The molecule has 5 nitrogen and oxygen atoms in total. The van der Waals surface area contributed by atoms with E-state index in [1.54, 1.807) is 6.07 Å². The van der Waals surface area contributed by atoms with Gasteiger partial charge in [0.1, 0.15) is 30.5 Å². The molecular weight excluding hydrogens is 412 g/mol. The number of aromatic nitrogens is 2. The molecule has 162 valence electrons. The molecule has 33 heavy (non-hydrogen) atoms. The Balaban J connectivity index is 1.49. The molecule has 5 heteroatoms. The average molecular weight is 434 g/mol. The fourth-order valence-corrected chi connectivity index (χ4v) is 3.58. The predicted octanol–water partition coefficient (Wildman–Crippen LogP) is 5.75. The highest BCUT2D eigenvalue weighted by atomic mass is 16.5. The van der Waals surface area contributed by atoms with E-state index in [0.29, 0.717) is 47.0 Å². The maximum atomic E-state index is 12.6. The molecule has 0 saturated carbocycles. The maximum Gasteiger partial charge on any atom is 0.259 e. The summed E-state index contributed by atoms with van der Waals surface area (Å²) in [5.74, 6) is 1.74. The fourth-order valence-electron chi connectivity index (χ4n) is 3.58. The molecule has 4 aromatic carbocycles. The van der Waals surface area contributed by atoms with E-state index < -0.39 is 0 Å². The van der Waals surface area contributed by atoms with Crippen molar-refractivity contribution in [3.05, 3.63) is 125 Å². The number of benzene rings is 4. The van der Waals surface area contributed by atoms with E-state index in [1.807, 2.05) is 97.1 Å². The molecule has 0 spiro atoms. The van der Waals surface area contributed by atoms with Gasteiger partial charge in [0.05, 0.1) is 10.9 Å². The van der Waals surface area contributed by atoms with Crippen molar-refractivity contribution in [1.29, 1.82) is 0 Å². The zero-order chi connectivity index (χ0) is 22.5. The highest BCUT2D eigenvalue weighted by Gasteiger charge is 2.10. The van der Waals surface area contributed by atoms with Gasteiger partial charge in [-0.2, -0.15) is 0 Å². The molecule has 0 bridgehead atoms. The third-order valence-corrected chi connectivity index (χ3v) is 5.26. The van der Waals surface area contributed by atoms with Crippen molar-refractivity contribution in [2.45, 2.75) is 13.2 Å². The third kappa shape index (κ3) is 4.93. The predicted molar refractivity (Wildman–Crippen MR) is 129 cm³/mol. The summed E-state index contributed by atoms with van der Waals surface area (Å²) in [6, 6.07) is 32.8. The molecule has 0 aliphatic rings. The van der Waals surface area contributed by atoms with Gasteiger partial charge >= 0.3 is 0 Å². The first-order valence-corrected chi connectivity index (χ1v) is 10.7. The lowest BCUT2D eigenvalue weighted by molar-refractivity contribution is 0.290. The Morgan fingerprint density at radius 3 is 1.82 bits per heavy atom. The topological polar surface area (TPSA) is 64.2 Å². The Morgan fingerprint density at radius 2 is 1.21 bits per heavy atom. The summed E-state index contributed by atoms with van der Waals surface area (Å²) in [4.78, 5) is 20.2. The maximum absolute atomic E-state index is 12.6. The van der Waals surface area contributed by atoms with E-state index in [9.17, 15) is 4.79 Å². The van der Waals surface area contributed by atoms with Crippen LogP contribution >= 0.6 is 0 Å². The molecule has 0 aliphatic heterocycles. The summed E-state index contributed by atoms with van der Waals surface area (Å²) in [5, 5.41) is 0.554. The number of aromatic amines is 1. The van der Waals surface area contributed by atoms with Crippen LogP contribution in [0.2, 0.25) is 0 Å². The van der Waals surface area contributed by atoms with E-state index in [0.717, 1.165) is 11.1 Å². The lowest BCUT2D eigenvalue weighted by Crippen LogP contribution is -2.09. The van der Waals surface area contributed by atoms with E-state index in [1.165, 1.54) is 0 Å². The monoisotopic (exact) mass is 434 g/mol. The van der Waals surface area contributed by atoms with Crippen LogP contribution in [-0.4, -0.2) is 9.97 Å². The molecule has 0 unspecified atom stereocenters. The molecule has 0 amide bonds. The SMILES string of the molecule is O=c1[nH]c(-c2cc(OCc3ccccc3)cc(OCc3ccccc3)c2)nc2ccccc12. The first kappa shape index (κ1) is 20.5. The second kappa shape index (κ2) is 9.40. The van der Waals surface area contributed by atoms with Gasteiger partial charge in [-0.15, -0.1) is 0 Å². The van der Waals surface area contributed by atoms with E-state index >= 15 is 0 Å². The van der Waals surface area contributed by atoms with Crippen molar-refractivity contribution in [1.82, 2.24) is 9.97 Å². The van der Waals surface area contributed by atoms with Crippen LogP contribution in [0.25, 0.3) is 22.3 Å². The quantitative estimate of drug-likeness (QED) is 0.354. The minimum Gasteiger partial charge on any atom is -0.489 e. The Morgan fingerprint density at radius 1 is 0.667 bits per heavy atom. The summed E-state index contributed by atoms with van der Waals surface area (Å²) in [7, 11) is 0. The normalized spacial score (nSPS) is 10.8. The molecular formula is C28H22N2O3. The van der Waals surface area contributed by atoms with Crippen molar-refractivity contribution in [3.8, 4) is 22.9 Å². The van der Waals surface area contributed by atoms with Crippen LogP contribution in [0.1, 0.15) is 11.1 Å². The second-order valence-electron chi connectivity index (χ2n) is 7.67. The van der Waals surface area contributed by atoms with Gasteiger partial charge in [0.25, 0.3) is 5.56 Å². The molecule has 1 aromatic heterocycles. The summed E-state index contributed by atoms with van der Waals surface area (Å²) >= 11 is 0. The molecule has 5 rings (SSSR count). The minimum atomic E-state index is -0.182. The third-order valence-electron chi connectivity index (χ3n) is 5.26. The van der Waals surface area contributed by atoms with E-state index in [-0.39, 0.29) is 5.56 Å². The first-order chi connectivity index (χ1) is 16.2. The molecule has 1 heterocycles. The Hall–Kier alpha value is -4.38. The van der Waals surface area contributed by atoms with Gasteiger partial charge in [-0.25, -0.2) is 4.98 Å². The van der Waals surface area contributed by atoms with Crippen molar-refractivity contribution < 1.29 is 9.47 Å². The Bertz CT molecular complexity index is 1370. The number of hydrogen-bond acceptors (Lipinski definition) is 4. The largest absolute Gasteiger partial charge is 0.489 e. The van der Waals surface area contributed by atoms with Crippen LogP contribution in [-0.2, 0) is 13.2 Å². The summed E-state index contributed by atoms with van der Waals surface area (Å²) in [5.41, 5.74) is 3.29. The summed E-state index contributed by atoms with van der Waals surface area (Å²) in [6.45, 7) is 0.841. The molecule has 0 aliphatic carbocycles. The second-order valence-corrected chi connectivity index (χ2v) is 7.67. The van der Waals surface area contributed by atoms with Crippen molar-refractivity contribution in [2.75, 3.05) is 0 Å². The standard InChI is InChI=1S/C28H22N2O3/c31-28-25-13-7-8-14-26(25)29-27(30-28)22-15-23(32-18-20-9-3-1-4-10-20)17-24(16-22)33-19-21-11-5-2-6-12-21/h1-17H,18-19H2,(H,29,30,31). The minimum absolute atomic E-state index is 0.182. The highest BCUT2D eigenvalue weighted by Crippen LogP contribution is 2.29. The number of H-pyrrole nitrogens is 1. The van der Waals surface area contributed by atoms with Gasteiger partial charge in [-0.1, -0.05) is 72.8 Å². The van der Waals surface area contributed by atoms with Crippen LogP contribution in [0.4, 0.5) is 0 Å².